The van der Waals surface area contributed by atoms with E-state index in [4.69, 9.17) is 0 Å². The van der Waals surface area contributed by atoms with Gasteiger partial charge in [-0.3, -0.25) is 4.79 Å². The summed E-state index contributed by atoms with van der Waals surface area (Å²) >= 11 is 0. The van der Waals surface area contributed by atoms with Crippen LogP contribution >= 0.6 is 0 Å². The van der Waals surface area contributed by atoms with E-state index in [-0.39, 0.29) is 23.6 Å². The molecule has 130 valence electrons. The molecule has 0 radical (unpaired) electrons. The molecule has 2 atom stereocenters. The van der Waals surface area contributed by atoms with Crippen LogP contribution in [0.1, 0.15) is 55.3 Å². The maximum atomic E-state index is 12.7. The Labute approximate surface area is 149 Å². The van der Waals surface area contributed by atoms with E-state index < -0.39 is 0 Å². The molecule has 0 aromatic heterocycles. The van der Waals surface area contributed by atoms with Gasteiger partial charge in [0.2, 0.25) is 5.91 Å². The van der Waals surface area contributed by atoms with Gasteiger partial charge in [0.25, 0.3) is 0 Å². The molecule has 0 saturated heterocycles. The molecule has 1 aliphatic heterocycles. The largest absolute Gasteiger partial charge is 0.508 e. The molecule has 2 aromatic carbocycles. The monoisotopic (exact) mass is 335 g/mol. The Morgan fingerprint density at radius 3 is 2.16 bits per heavy atom. The zero-order valence-corrected chi connectivity index (χ0v) is 15.1. The minimum Gasteiger partial charge on any atom is -0.508 e. The zero-order chi connectivity index (χ0) is 18.0. The van der Waals surface area contributed by atoms with Crippen LogP contribution in [-0.4, -0.2) is 15.9 Å². The number of carbonyl (C=O) groups is 1. The second kappa shape index (κ2) is 7.14. The lowest BCUT2D eigenvalue weighted by molar-refractivity contribution is -0.132. The maximum Gasteiger partial charge on any atom is 0.227 e. The van der Waals surface area contributed by atoms with Gasteiger partial charge in [0.1, 0.15) is 5.75 Å². The van der Waals surface area contributed by atoms with Crippen LogP contribution < -0.4 is 0 Å². The molecule has 25 heavy (non-hydrogen) atoms. The Morgan fingerprint density at radius 2 is 1.56 bits per heavy atom. The SMILES string of the molecule is CC1=CCCC(=O)N1[C@H](c1ccc(O)cc1)[C@@H](C)c1ccc(C)cc1. The molecule has 0 saturated carbocycles. The number of hydrogen-bond acceptors (Lipinski definition) is 2. The summed E-state index contributed by atoms with van der Waals surface area (Å²) in [6.07, 6.45) is 3.49. The van der Waals surface area contributed by atoms with Crippen molar-refractivity contribution in [2.24, 2.45) is 0 Å². The van der Waals surface area contributed by atoms with Crippen LogP contribution in [0.4, 0.5) is 0 Å². The van der Waals surface area contributed by atoms with Crippen LogP contribution in [0, 0.1) is 6.92 Å². The van der Waals surface area contributed by atoms with E-state index in [1.165, 1.54) is 11.1 Å². The molecular weight excluding hydrogens is 310 g/mol. The summed E-state index contributed by atoms with van der Waals surface area (Å²) in [5, 5.41) is 9.65. The summed E-state index contributed by atoms with van der Waals surface area (Å²) in [4.78, 5) is 14.6. The van der Waals surface area contributed by atoms with Gasteiger partial charge in [-0.2, -0.15) is 0 Å². The van der Waals surface area contributed by atoms with Crippen molar-refractivity contribution in [2.75, 3.05) is 0 Å². The lowest BCUT2D eigenvalue weighted by Gasteiger charge is -2.38. The highest BCUT2D eigenvalue weighted by Gasteiger charge is 2.33. The van der Waals surface area contributed by atoms with Gasteiger partial charge in [0, 0.05) is 18.0 Å². The number of phenolic OH excluding ortho intramolecular Hbond substituents is 1. The third kappa shape index (κ3) is 3.60. The van der Waals surface area contributed by atoms with Crippen LogP contribution in [-0.2, 0) is 4.79 Å². The van der Waals surface area contributed by atoms with Crippen molar-refractivity contribution in [1.29, 1.82) is 0 Å². The number of nitrogens with zero attached hydrogens (tertiary/aromatic N) is 1. The van der Waals surface area contributed by atoms with Crippen molar-refractivity contribution in [3.8, 4) is 5.75 Å². The summed E-state index contributed by atoms with van der Waals surface area (Å²) in [6, 6.07) is 15.6. The highest BCUT2D eigenvalue weighted by molar-refractivity contribution is 5.80. The zero-order valence-electron chi connectivity index (χ0n) is 15.1. The van der Waals surface area contributed by atoms with Crippen LogP contribution in [0.3, 0.4) is 0 Å². The number of phenols is 1. The maximum absolute atomic E-state index is 12.7. The molecule has 0 bridgehead atoms. The van der Waals surface area contributed by atoms with Crippen LogP contribution in [0.25, 0.3) is 0 Å². The lowest BCUT2D eigenvalue weighted by Crippen LogP contribution is -2.37. The number of hydrogen-bond donors (Lipinski definition) is 1. The van der Waals surface area contributed by atoms with Gasteiger partial charge < -0.3 is 10.0 Å². The molecule has 3 heteroatoms. The Kier molecular flexibility index (Phi) is 4.93. The molecule has 0 aliphatic carbocycles. The van der Waals surface area contributed by atoms with Crippen molar-refractivity contribution in [2.45, 2.75) is 45.6 Å². The van der Waals surface area contributed by atoms with Crippen molar-refractivity contribution < 1.29 is 9.90 Å². The minimum absolute atomic E-state index is 0.0904. The summed E-state index contributed by atoms with van der Waals surface area (Å²) in [5.74, 6) is 0.537. The standard InChI is InChI=1S/C22H25NO2/c1-15-7-9-18(10-8-15)17(3)22(19-11-13-20(24)14-12-19)23-16(2)5-4-6-21(23)25/h5,7-14,17,22,24H,4,6H2,1-3H3/t17-,22-/m0/s1. The number of benzene rings is 2. The molecule has 0 spiro atoms. The van der Waals surface area contributed by atoms with Gasteiger partial charge in [-0.05, 0) is 43.5 Å². The molecule has 1 amide bonds. The van der Waals surface area contributed by atoms with E-state index in [2.05, 4.69) is 44.2 Å². The third-order valence-electron chi connectivity index (χ3n) is 5.04. The fourth-order valence-electron chi connectivity index (χ4n) is 3.58. The van der Waals surface area contributed by atoms with Crippen LogP contribution in [0.2, 0.25) is 0 Å². The first-order chi connectivity index (χ1) is 12.0. The van der Waals surface area contributed by atoms with E-state index in [1.807, 2.05) is 24.0 Å². The molecule has 0 unspecified atom stereocenters. The second-order valence-electron chi connectivity index (χ2n) is 6.88. The van der Waals surface area contributed by atoms with Gasteiger partial charge >= 0.3 is 0 Å². The number of rotatable bonds is 4. The smallest absolute Gasteiger partial charge is 0.227 e. The van der Waals surface area contributed by atoms with Gasteiger partial charge in [0.15, 0.2) is 0 Å². The topological polar surface area (TPSA) is 40.5 Å². The predicted molar refractivity (Wildman–Crippen MR) is 100 cm³/mol. The molecule has 1 N–H and O–H groups in total. The average Bonchev–Trinajstić information content (AvgIpc) is 2.59. The van der Waals surface area contributed by atoms with E-state index in [0.717, 1.165) is 17.7 Å². The third-order valence-corrected chi connectivity index (χ3v) is 5.04. The fourth-order valence-corrected chi connectivity index (χ4v) is 3.58. The van der Waals surface area contributed by atoms with E-state index in [1.54, 1.807) is 12.1 Å². The predicted octanol–water partition coefficient (Wildman–Crippen LogP) is 5.07. The van der Waals surface area contributed by atoms with Crippen molar-refractivity contribution in [1.82, 2.24) is 4.90 Å². The Balaban J connectivity index is 2.06. The van der Waals surface area contributed by atoms with Gasteiger partial charge in [-0.15, -0.1) is 0 Å². The highest BCUT2D eigenvalue weighted by atomic mass is 16.3. The van der Waals surface area contributed by atoms with Crippen molar-refractivity contribution >= 4 is 5.91 Å². The van der Waals surface area contributed by atoms with Crippen LogP contribution in [0.5, 0.6) is 5.75 Å². The summed E-state index contributed by atoms with van der Waals surface area (Å²) in [7, 11) is 0. The summed E-state index contributed by atoms with van der Waals surface area (Å²) < 4.78 is 0. The lowest BCUT2D eigenvalue weighted by atomic mass is 9.86. The molecule has 2 aromatic rings. The Morgan fingerprint density at radius 1 is 0.960 bits per heavy atom. The van der Waals surface area contributed by atoms with Gasteiger partial charge in [-0.1, -0.05) is 55.0 Å². The quantitative estimate of drug-likeness (QED) is 0.847. The molecular formula is C22H25NO2. The number of allylic oxidation sites excluding steroid dienone is 2. The van der Waals surface area contributed by atoms with Gasteiger partial charge in [0.05, 0.1) is 6.04 Å². The molecule has 0 fully saturated rings. The molecule has 1 aliphatic rings. The molecule has 1 heterocycles. The summed E-state index contributed by atoms with van der Waals surface area (Å²) in [5.41, 5.74) is 4.47. The van der Waals surface area contributed by atoms with Gasteiger partial charge in [-0.25, -0.2) is 0 Å². The van der Waals surface area contributed by atoms with Crippen molar-refractivity contribution in [3.63, 3.8) is 0 Å². The molecule has 3 rings (SSSR count). The molecule has 3 nitrogen and oxygen atoms in total. The van der Waals surface area contributed by atoms with E-state index in [9.17, 15) is 9.90 Å². The average molecular weight is 335 g/mol. The van der Waals surface area contributed by atoms with E-state index >= 15 is 0 Å². The number of amides is 1. The van der Waals surface area contributed by atoms with Crippen molar-refractivity contribution in [3.05, 3.63) is 77.0 Å². The summed E-state index contributed by atoms with van der Waals surface area (Å²) in [6.45, 7) is 6.25. The fraction of sp³-hybridized carbons (Fsp3) is 0.318. The second-order valence-corrected chi connectivity index (χ2v) is 6.88. The Hall–Kier alpha value is -2.55. The number of aromatic hydroxyl groups is 1. The number of aryl methyl sites for hydroxylation is 1. The first-order valence-electron chi connectivity index (χ1n) is 8.81. The van der Waals surface area contributed by atoms with E-state index in [0.29, 0.717) is 6.42 Å². The minimum atomic E-state index is -0.0904. The number of carbonyl (C=O) groups excluding carboxylic acids is 1. The first kappa shape index (κ1) is 17.3. The van der Waals surface area contributed by atoms with Crippen LogP contribution in [0.15, 0.2) is 60.3 Å². The Bertz CT molecular complexity index is 775. The first-order valence-corrected chi connectivity index (χ1v) is 8.81. The normalized spacial score (nSPS) is 17.2. The highest BCUT2D eigenvalue weighted by Crippen LogP contribution is 2.40.